The van der Waals surface area contributed by atoms with E-state index in [4.69, 9.17) is 4.74 Å². The number of methoxy groups -OCH3 is 1. The summed E-state index contributed by atoms with van der Waals surface area (Å²) in [6.45, 7) is 0.466. The third kappa shape index (κ3) is 3.98. The number of anilines is 1. The number of amides is 2. The van der Waals surface area contributed by atoms with Gasteiger partial charge < -0.3 is 10.1 Å². The first-order chi connectivity index (χ1) is 10.8. The summed E-state index contributed by atoms with van der Waals surface area (Å²) in [5.74, 6) is 0.284. The minimum absolute atomic E-state index is 0.0725. The molecular weight excluding hydrogens is 320 g/mol. The Kier molecular flexibility index (Phi) is 5.23. The Hall–Kier alpha value is -1.71. The molecule has 23 heavy (non-hydrogen) atoms. The predicted molar refractivity (Wildman–Crippen MR) is 85.7 cm³/mol. The first-order valence-corrected chi connectivity index (χ1v) is 8.70. The van der Waals surface area contributed by atoms with Gasteiger partial charge in [0.05, 0.1) is 12.1 Å². The molecule has 2 amide bonds. The maximum atomic E-state index is 12.0. The average molecular weight is 342 g/mol. The van der Waals surface area contributed by atoms with Crippen molar-refractivity contribution in [2.24, 2.45) is 0 Å². The zero-order chi connectivity index (χ0) is 17.1. The third-order valence-corrected chi connectivity index (χ3v) is 5.67. The number of nitrogens with one attached hydrogen (secondary N) is 2. The van der Waals surface area contributed by atoms with Crippen LogP contribution in [0.2, 0.25) is 0 Å². The largest absolute Gasteiger partial charge is 0.382 e. The number of carbonyl (C=O) groups is 1. The molecule has 1 fully saturated rings. The van der Waals surface area contributed by atoms with Gasteiger partial charge in [-0.25, -0.2) is 22.5 Å². The summed E-state index contributed by atoms with van der Waals surface area (Å²) in [7, 11) is 0.970. The number of rotatable bonds is 6. The van der Waals surface area contributed by atoms with Crippen molar-refractivity contribution in [3.8, 4) is 0 Å². The lowest BCUT2D eigenvalue weighted by molar-refractivity contribution is 0.0648. The van der Waals surface area contributed by atoms with Crippen LogP contribution in [0.5, 0.6) is 0 Å². The van der Waals surface area contributed by atoms with Gasteiger partial charge >= 0.3 is 6.03 Å². The fraction of sp³-hybridized carbons (Fsp3) is 0.571. The van der Waals surface area contributed by atoms with Crippen LogP contribution in [0.4, 0.5) is 10.6 Å². The number of ether oxygens (including phenoxy) is 1. The molecule has 0 spiro atoms. The van der Waals surface area contributed by atoms with Crippen molar-refractivity contribution in [1.29, 1.82) is 0 Å². The number of sulfonamides is 1. The lowest BCUT2D eigenvalue weighted by atomic mass is 9.77. The molecule has 1 aliphatic rings. The Balaban J connectivity index is 2.00. The van der Waals surface area contributed by atoms with Gasteiger partial charge in [0, 0.05) is 27.4 Å². The van der Waals surface area contributed by atoms with Crippen LogP contribution < -0.4 is 10.6 Å². The molecule has 9 heteroatoms. The highest BCUT2D eigenvalue weighted by Crippen LogP contribution is 2.32. The summed E-state index contributed by atoms with van der Waals surface area (Å²) >= 11 is 0. The number of aromatic nitrogens is 1. The van der Waals surface area contributed by atoms with Crippen molar-refractivity contribution >= 4 is 21.9 Å². The fourth-order valence-electron chi connectivity index (χ4n) is 2.39. The van der Waals surface area contributed by atoms with E-state index < -0.39 is 10.0 Å². The van der Waals surface area contributed by atoms with E-state index in [1.165, 1.54) is 32.4 Å². The molecule has 1 aromatic heterocycles. The minimum atomic E-state index is -3.53. The zero-order valence-corrected chi connectivity index (χ0v) is 14.3. The summed E-state index contributed by atoms with van der Waals surface area (Å²) in [6.07, 6.45) is 4.03. The van der Waals surface area contributed by atoms with E-state index >= 15 is 0 Å². The number of hydrogen-bond donors (Lipinski definition) is 2. The molecular formula is C14H22N4O4S. The molecule has 1 aromatic rings. The second-order valence-corrected chi connectivity index (χ2v) is 7.96. The van der Waals surface area contributed by atoms with Gasteiger partial charge in [0.1, 0.15) is 10.7 Å². The van der Waals surface area contributed by atoms with Crippen molar-refractivity contribution in [2.45, 2.75) is 29.7 Å². The molecule has 2 N–H and O–H groups in total. The van der Waals surface area contributed by atoms with Crippen LogP contribution in [0.1, 0.15) is 19.3 Å². The van der Waals surface area contributed by atoms with Crippen molar-refractivity contribution < 1.29 is 17.9 Å². The van der Waals surface area contributed by atoms with Gasteiger partial charge in [-0.1, -0.05) is 0 Å². The summed E-state index contributed by atoms with van der Waals surface area (Å²) in [5, 5.41) is 5.51. The molecule has 1 saturated carbocycles. The molecule has 1 heterocycles. The molecule has 0 atom stereocenters. The first kappa shape index (κ1) is 17.6. The molecule has 0 bridgehead atoms. The molecule has 0 saturated heterocycles. The zero-order valence-electron chi connectivity index (χ0n) is 13.5. The summed E-state index contributed by atoms with van der Waals surface area (Å²) in [6, 6.07) is 2.49. The topological polar surface area (TPSA) is 101 Å². The Labute approximate surface area is 136 Å². The molecule has 0 radical (unpaired) electrons. The van der Waals surface area contributed by atoms with Crippen LogP contribution in [0, 0.1) is 0 Å². The van der Waals surface area contributed by atoms with E-state index in [0.29, 0.717) is 6.61 Å². The van der Waals surface area contributed by atoms with Crippen molar-refractivity contribution in [2.75, 3.05) is 33.1 Å². The molecule has 8 nitrogen and oxygen atoms in total. The van der Waals surface area contributed by atoms with Crippen molar-refractivity contribution in [1.82, 2.24) is 14.6 Å². The molecule has 0 aliphatic heterocycles. The van der Waals surface area contributed by atoms with E-state index in [9.17, 15) is 13.2 Å². The van der Waals surface area contributed by atoms with Gasteiger partial charge in [0.2, 0.25) is 10.0 Å². The maximum absolute atomic E-state index is 12.0. The van der Waals surface area contributed by atoms with Crippen LogP contribution in [0.3, 0.4) is 0 Å². The van der Waals surface area contributed by atoms with E-state index in [-0.39, 0.29) is 22.3 Å². The Morgan fingerprint density at radius 2 is 2.09 bits per heavy atom. The highest BCUT2D eigenvalue weighted by molar-refractivity contribution is 7.89. The van der Waals surface area contributed by atoms with E-state index in [1.807, 2.05) is 0 Å². The van der Waals surface area contributed by atoms with Gasteiger partial charge in [-0.3, -0.25) is 5.32 Å². The quantitative estimate of drug-likeness (QED) is 0.804. The Morgan fingerprint density at radius 3 is 2.52 bits per heavy atom. The fourth-order valence-corrected chi connectivity index (χ4v) is 3.24. The van der Waals surface area contributed by atoms with Gasteiger partial charge in [-0.2, -0.15) is 0 Å². The standard InChI is InChI=1S/C14H22N4O4S/c1-18(2)23(20,21)11-5-6-12(15-9-11)16-13(19)17-14(10-22-3)7-4-8-14/h5-6,9H,4,7-8,10H2,1-3H3,(H2,15,16,17,19). The number of carbonyl (C=O) groups excluding carboxylic acids is 1. The monoisotopic (exact) mass is 342 g/mol. The number of hydrogen-bond acceptors (Lipinski definition) is 5. The number of nitrogens with zero attached hydrogens (tertiary/aromatic N) is 2. The highest BCUT2D eigenvalue weighted by Gasteiger charge is 2.38. The van der Waals surface area contributed by atoms with E-state index in [0.717, 1.165) is 23.6 Å². The number of pyridine rings is 1. The average Bonchev–Trinajstić information content (AvgIpc) is 2.45. The van der Waals surface area contributed by atoms with Gasteiger partial charge in [-0.05, 0) is 31.4 Å². The van der Waals surface area contributed by atoms with Gasteiger partial charge in [0.15, 0.2) is 0 Å². The second kappa shape index (κ2) is 6.81. The maximum Gasteiger partial charge on any atom is 0.320 e. The third-order valence-electron chi connectivity index (χ3n) is 3.87. The minimum Gasteiger partial charge on any atom is -0.382 e. The first-order valence-electron chi connectivity index (χ1n) is 7.26. The summed E-state index contributed by atoms with van der Waals surface area (Å²) < 4.78 is 30.1. The van der Waals surface area contributed by atoms with Crippen LogP contribution in [-0.2, 0) is 14.8 Å². The second-order valence-electron chi connectivity index (χ2n) is 5.81. The molecule has 2 rings (SSSR count). The highest BCUT2D eigenvalue weighted by atomic mass is 32.2. The Bertz CT molecular complexity index is 654. The molecule has 0 unspecified atom stereocenters. The lowest BCUT2D eigenvalue weighted by Gasteiger charge is -2.41. The van der Waals surface area contributed by atoms with Crippen LogP contribution in [0.25, 0.3) is 0 Å². The van der Waals surface area contributed by atoms with Crippen molar-refractivity contribution in [3.63, 3.8) is 0 Å². The normalized spacial score (nSPS) is 16.7. The van der Waals surface area contributed by atoms with E-state index in [2.05, 4.69) is 15.6 Å². The lowest BCUT2D eigenvalue weighted by Crippen LogP contribution is -2.57. The Morgan fingerprint density at radius 1 is 1.39 bits per heavy atom. The van der Waals surface area contributed by atoms with Crippen LogP contribution >= 0.6 is 0 Å². The van der Waals surface area contributed by atoms with Gasteiger partial charge in [0.25, 0.3) is 0 Å². The van der Waals surface area contributed by atoms with Crippen LogP contribution in [0.15, 0.2) is 23.2 Å². The smallest absolute Gasteiger partial charge is 0.320 e. The predicted octanol–water partition coefficient (Wildman–Crippen LogP) is 1.02. The van der Waals surface area contributed by atoms with Gasteiger partial charge in [-0.15, -0.1) is 0 Å². The SMILES string of the molecule is COCC1(NC(=O)Nc2ccc(S(=O)(=O)N(C)C)cn2)CCC1. The molecule has 1 aliphatic carbocycles. The number of urea groups is 1. The molecule has 0 aromatic carbocycles. The molecule has 128 valence electrons. The van der Waals surface area contributed by atoms with Crippen LogP contribution in [-0.4, -0.2) is 57.1 Å². The van der Waals surface area contributed by atoms with E-state index in [1.54, 1.807) is 7.11 Å². The van der Waals surface area contributed by atoms with Crippen molar-refractivity contribution in [3.05, 3.63) is 18.3 Å². The summed E-state index contributed by atoms with van der Waals surface area (Å²) in [5.41, 5.74) is -0.312. The summed E-state index contributed by atoms with van der Waals surface area (Å²) in [4.78, 5) is 16.1.